The maximum absolute atomic E-state index is 12.4. The molecule has 6 nitrogen and oxygen atoms in total. The van der Waals surface area contributed by atoms with Crippen LogP contribution in [0.2, 0.25) is 0 Å². The van der Waals surface area contributed by atoms with E-state index < -0.39 is 5.97 Å². The van der Waals surface area contributed by atoms with Crippen LogP contribution in [0.5, 0.6) is 5.75 Å². The van der Waals surface area contributed by atoms with Gasteiger partial charge in [-0.3, -0.25) is 9.59 Å². The van der Waals surface area contributed by atoms with Gasteiger partial charge in [-0.05, 0) is 49.6 Å². The van der Waals surface area contributed by atoms with Crippen LogP contribution in [0.3, 0.4) is 0 Å². The number of aryl methyl sites for hydroxylation is 2. The zero-order chi connectivity index (χ0) is 21.5. The van der Waals surface area contributed by atoms with Crippen LogP contribution in [0.15, 0.2) is 42.5 Å². The summed E-state index contributed by atoms with van der Waals surface area (Å²) in [6, 6.07) is 13.9. The third-order valence-corrected chi connectivity index (χ3v) is 5.56. The predicted octanol–water partition coefficient (Wildman–Crippen LogP) is 3.27. The van der Waals surface area contributed by atoms with Crippen LogP contribution in [0.1, 0.15) is 23.1 Å². The van der Waals surface area contributed by atoms with Crippen molar-refractivity contribution < 1.29 is 19.1 Å². The molecule has 0 saturated carbocycles. The SMILES string of the molecule is Cc1ccccc1OCCC(=O)OCC(=O)N1CCN(c2cccc(C)c2C)CC1. The molecule has 0 aliphatic carbocycles. The van der Waals surface area contributed by atoms with E-state index in [2.05, 4.69) is 36.9 Å². The fraction of sp³-hybridized carbons (Fsp3) is 0.417. The number of benzene rings is 2. The lowest BCUT2D eigenvalue weighted by molar-refractivity contribution is -0.152. The number of anilines is 1. The molecule has 0 unspecified atom stereocenters. The number of carbonyl (C=O) groups is 2. The highest BCUT2D eigenvalue weighted by Gasteiger charge is 2.23. The maximum Gasteiger partial charge on any atom is 0.309 e. The standard InChI is InChI=1S/C24H30N2O4/c1-18-8-6-9-21(20(18)3)25-12-14-26(15-13-25)23(27)17-30-24(28)11-16-29-22-10-5-4-7-19(22)2/h4-10H,11-17H2,1-3H3. The number of piperazine rings is 1. The zero-order valence-electron chi connectivity index (χ0n) is 18.0. The maximum atomic E-state index is 12.4. The van der Waals surface area contributed by atoms with Crippen LogP contribution in [-0.4, -0.2) is 56.2 Å². The summed E-state index contributed by atoms with van der Waals surface area (Å²) in [5, 5.41) is 0. The van der Waals surface area contributed by atoms with Gasteiger partial charge in [-0.15, -0.1) is 0 Å². The van der Waals surface area contributed by atoms with E-state index in [-0.39, 0.29) is 25.5 Å². The lowest BCUT2D eigenvalue weighted by atomic mass is 10.1. The number of amides is 1. The zero-order valence-corrected chi connectivity index (χ0v) is 18.0. The molecule has 2 aromatic carbocycles. The van der Waals surface area contributed by atoms with Crippen molar-refractivity contribution in [2.24, 2.45) is 0 Å². The Labute approximate surface area is 178 Å². The number of hydrogen-bond donors (Lipinski definition) is 0. The number of para-hydroxylation sites is 1. The fourth-order valence-corrected chi connectivity index (χ4v) is 3.54. The van der Waals surface area contributed by atoms with Crippen molar-refractivity contribution in [3.05, 3.63) is 59.2 Å². The molecule has 1 amide bonds. The van der Waals surface area contributed by atoms with Gasteiger partial charge in [0.2, 0.25) is 0 Å². The highest BCUT2D eigenvalue weighted by atomic mass is 16.5. The Morgan fingerprint density at radius 3 is 2.33 bits per heavy atom. The molecular weight excluding hydrogens is 380 g/mol. The Morgan fingerprint density at radius 2 is 1.60 bits per heavy atom. The van der Waals surface area contributed by atoms with Crippen molar-refractivity contribution in [1.82, 2.24) is 4.90 Å². The number of esters is 1. The van der Waals surface area contributed by atoms with Crippen molar-refractivity contribution >= 4 is 17.6 Å². The molecule has 0 spiro atoms. The molecule has 3 rings (SSSR count). The second-order valence-corrected chi connectivity index (χ2v) is 7.61. The fourth-order valence-electron chi connectivity index (χ4n) is 3.54. The average molecular weight is 411 g/mol. The van der Waals surface area contributed by atoms with E-state index in [9.17, 15) is 9.59 Å². The van der Waals surface area contributed by atoms with Gasteiger partial charge in [0.25, 0.3) is 5.91 Å². The summed E-state index contributed by atoms with van der Waals surface area (Å²) in [5.41, 5.74) is 4.78. The van der Waals surface area contributed by atoms with Crippen LogP contribution >= 0.6 is 0 Å². The summed E-state index contributed by atoms with van der Waals surface area (Å²) in [6.45, 7) is 9.00. The summed E-state index contributed by atoms with van der Waals surface area (Å²) in [4.78, 5) is 28.4. The van der Waals surface area contributed by atoms with Gasteiger partial charge in [0, 0.05) is 31.9 Å². The Kier molecular flexibility index (Phi) is 7.33. The molecule has 1 aliphatic rings. The summed E-state index contributed by atoms with van der Waals surface area (Å²) in [5.74, 6) is 0.179. The lowest BCUT2D eigenvalue weighted by Crippen LogP contribution is -2.50. The van der Waals surface area contributed by atoms with Crippen molar-refractivity contribution in [3.8, 4) is 5.75 Å². The van der Waals surface area contributed by atoms with Crippen molar-refractivity contribution in [2.75, 3.05) is 44.3 Å². The first-order valence-corrected chi connectivity index (χ1v) is 10.4. The summed E-state index contributed by atoms with van der Waals surface area (Å²) >= 11 is 0. The Hall–Kier alpha value is -3.02. The molecule has 0 N–H and O–H groups in total. The van der Waals surface area contributed by atoms with E-state index >= 15 is 0 Å². The van der Waals surface area contributed by atoms with E-state index in [1.54, 1.807) is 4.90 Å². The van der Waals surface area contributed by atoms with Crippen LogP contribution in [0.4, 0.5) is 5.69 Å². The molecule has 30 heavy (non-hydrogen) atoms. The molecular formula is C24H30N2O4. The van der Waals surface area contributed by atoms with Crippen molar-refractivity contribution in [3.63, 3.8) is 0 Å². The Bertz CT molecular complexity index is 889. The molecule has 160 valence electrons. The highest BCUT2D eigenvalue weighted by molar-refractivity contribution is 5.81. The van der Waals surface area contributed by atoms with Gasteiger partial charge < -0.3 is 19.3 Å². The minimum atomic E-state index is -0.425. The predicted molar refractivity (Wildman–Crippen MR) is 117 cm³/mol. The van der Waals surface area contributed by atoms with E-state index in [0.717, 1.165) is 24.4 Å². The van der Waals surface area contributed by atoms with Crippen molar-refractivity contribution in [1.29, 1.82) is 0 Å². The van der Waals surface area contributed by atoms with Crippen LogP contribution in [-0.2, 0) is 14.3 Å². The molecule has 1 heterocycles. The molecule has 0 atom stereocenters. The second kappa shape index (κ2) is 10.1. The average Bonchev–Trinajstić information content (AvgIpc) is 2.75. The first kappa shape index (κ1) is 21.7. The Balaban J connectivity index is 1.38. The van der Waals surface area contributed by atoms with Crippen LogP contribution in [0.25, 0.3) is 0 Å². The minimum absolute atomic E-state index is 0.113. The number of ether oxygens (including phenoxy) is 2. The van der Waals surface area contributed by atoms with Gasteiger partial charge >= 0.3 is 5.97 Å². The molecule has 1 fully saturated rings. The molecule has 0 aromatic heterocycles. The molecule has 2 aromatic rings. The normalized spacial score (nSPS) is 13.8. The minimum Gasteiger partial charge on any atom is -0.493 e. The molecule has 1 aliphatic heterocycles. The van der Waals surface area contributed by atoms with Gasteiger partial charge in [-0.25, -0.2) is 0 Å². The quantitative estimate of drug-likeness (QED) is 0.656. The second-order valence-electron chi connectivity index (χ2n) is 7.61. The summed E-state index contributed by atoms with van der Waals surface area (Å²) < 4.78 is 10.7. The highest BCUT2D eigenvalue weighted by Crippen LogP contribution is 2.24. The molecule has 6 heteroatoms. The monoisotopic (exact) mass is 410 g/mol. The topological polar surface area (TPSA) is 59.1 Å². The first-order chi connectivity index (χ1) is 14.5. The van der Waals surface area contributed by atoms with E-state index in [1.807, 2.05) is 31.2 Å². The lowest BCUT2D eigenvalue weighted by Gasteiger charge is -2.37. The Morgan fingerprint density at radius 1 is 0.900 bits per heavy atom. The van der Waals surface area contributed by atoms with Crippen LogP contribution in [0, 0.1) is 20.8 Å². The van der Waals surface area contributed by atoms with Gasteiger partial charge in [0.05, 0.1) is 13.0 Å². The van der Waals surface area contributed by atoms with E-state index in [1.165, 1.54) is 16.8 Å². The number of nitrogens with zero attached hydrogens (tertiary/aromatic N) is 2. The summed E-state index contributed by atoms with van der Waals surface area (Å²) in [6.07, 6.45) is 0.113. The third-order valence-electron chi connectivity index (χ3n) is 5.56. The van der Waals surface area contributed by atoms with Crippen LogP contribution < -0.4 is 9.64 Å². The first-order valence-electron chi connectivity index (χ1n) is 10.4. The largest absolute Gasteiger partial charge is 0.493 e. The smallest absolute Gasteiger partial charge is 0.309 e. The van der Waals surface area contributed by atoms with Gasteiger partial charge in [-0.1, -0.05) is 30.3 Å². The van der Waals surface area contributed by atoms with E-state index in [0.29, 0.717) is 13.1 Å². The summed E-state index contributed by atoms with van der Waals surface area (Å²) in [7, 11) is 0. The van der Waals surface area contributed by atoms with Gasteiger partial charge in [0.15, 0.2) is 6.61 Å². The molecule has 0 bridgehead atoms. The van der Waals surface area contributed by atoms with Gasteiger partial charge in [0.1, 0.15) is 5.75 Å². The van der Waals surface area contributed by atoms with E-state index in [4.69, 9.17) is 9.47 Å². The number of rotatable bonds is 7. The van der Waals surface area contributed by atoms with Gasteiger partial charge in [-0.2, -0.15) is 0 Å². The number of carbonyl (C=O) groups excluding carboxylic acids is 2. The molecule has 1 saturated heterocycles. The molecule has 0 radical (unpaired) electrons. The van der Waals surface area contributed by atoms with Crippen molar-refractivity contribution in [2.45, 2.75) is 27.2 Å². The number of hydrogen-bond acceptors (Lipinski definition) is 5. The third kappa shape index (κ3) is 5.53.